The van der Waals surface area contributed by atoms with Crippen molar-refractivity contribution in [3.63, 3.8) is 0 Å². The molecule has 36 heavy (non-hydrogen) atoms. The van der Waals surface area contributed by atoms with E-state index >= 15 is 0 Å². The number of amides is 2. The van der Waals surface area contributed by atoms with Gasteiger partial charge in [0.05, 0.1) is 12.1 Å². The van der Waals surface area contributed by atoms with E-state index in [2.05, 4.69) is 10.3 Å². The highest BCUT2D eigenvalue weighted by Gasteiger charge is 2.47. The van der Waals surface area contributed by atoms with Crippen molar-refractivity contribution in [3.8, 4) is 11.5 Å². The molecule has 0 spiro atoms. The summed E-state index contributed by atoms with van der Waals surface area (Å²) in [5.74, 6) is -0.493. The summed E-state index contributed by atoms with van der Waals surface area (Å²) in [7, 11) is 1.37. The standard InChI is InChI=1S/C25H30ClN3O6S/c1-13-10-19(36-5)17(23(31)28-13)12-27-22(30)16-11-18(26)21-20(14(16)2)34-25(3,35-21)15-6-8-29(9-7-15)24(32)33-4/h10-11,15H,6-9,12H2,1-5H3,(H,27,30)(H,28,31)/t25-/m0/s1. The van der Waals surface area contributed by atoms with Crippen LogP contribution in [0.25, 0.3) is 0 Å². The normalized spacial score (nSPS) is 19.3. The van der Waals surface area contributed by atoms with Gasteiger partial charge < -0.3 is 29.4 Å². The van der Waals surface area contributed by atoms with Gasteiger partial charge in [-0.3, -0.25) is 9.59 Å². The van der Waals surface area contributed by atoms with Gasteiger partial charge in [0.15, 0.2) is 11.5 Å². The van der Waals surface area contributed by atoms with Crippen LogP contribution in [0, 0.1) is 19.8 Å². The van der Waals surface area contributed by atoms with Crippen LogP contribution in [0.15, 0.2) is 21.8 Å². The lowest BCUT2D eigenvalue weighted by molar-refractivity contribution is -0.123. The minimum atomic E-state index is -0.976. The monoisotopic (exact) mass is 535 g/mol. The SMILES string of the molecule is COC(=O)N1CCC([C@]2(C)Oc3c(Cl)cc(C(=O)NCc4c(SC)cc(C)[nH]c4=O)c(C)c3O2)CC1. The lowest BCUT2D eigenvalue weighted by Gasteiger charge is -2.38. The number of aromatic amines is 1. The van der Waals surface area contributed by atoms with E-state index in [9.17, 15) is 14.4 Å². The topological polar surface area (TPSA) is 110 Å². The summed E-state index contributed by atoms with van der Waals surface area (Å²) in [5.41, 5.74) is 1.98. The summed E-state index contributed by atoms with van der Waals surface area (Å²) >= 11 is 7.99. The Labute approximate surface area is 218 Å². The largest absolute Gasteiger partial charge is 0.453 e. The maximum atomic E-state index is 13.1. The fourth-order valence-electron chi connectivity index (χ4n) is 4.76. The highest BCUT2D eigenvalue weighted by molar-refractivity contribution is 7.98. The summed E-state index contributed by atoms with van der Waals surface area (Å²) in [5, 5.41) is 3.11. The molecule has 1 atom stereocenters. The predicted molar refractivity (Wildman–Crippen MR) is 137 cm³/mol. The molecule has 0 bridgehead atoms. The van der Waals surface area contributed by atoms with Gasteiger partial charge in [-0.2, -0.15) is 0 Å². The first-order valence-corrected chi connectivity index (χ1v) is 13.3. The first-order valence-electron chi connectivity index (χ1n) is 11.7. The molecule has 1 aromatic carbocycles. The van der Waals surface area contributed by atoms with E-state index in [-0.39, 0.29) is 35.0 Å². The van der Waals surface area contributed by atoms with E-state index in [1.807, 2.05) is 26.2 Å². The second-order valence-corrected chi connectivity index (χ2v) is 10.4. The molecule has 194 valence electrons. The Morgan fingerprint density at radius 3 is 2.56 bits per heavy atom. The molecule has 2 aromatic rings. The number of nitrogens with zero attached hydrogens (tertiary/aromatic N) is 1. The molecule has 0 aliphatic carbocycles. The Morgan fingerprint density at radius 2 is 1.92 bits per heavy atom. The first kappa shape index (κ1) is 26.2. The number of likely N-dealkylation sites (tertiary alicyclic amines) is 1. The van der Waals surface area contributed by atoms with Gasteiger partial charge in [-0.05, 0) is 45.1 Å². The zero-order chi connectivity index (χ0) is 26.2. The highest BCUT2D eigenvalue weighted by atomic mass is 35.5. The summed E-state index contributed by atoms with van der Waals surface area (Å²) in [6.07, 6.45) is 2.89. The van der Waals surface area contributed by atoms with Crippen LogP contribution in [0.2, 0.25) is 5.02 Å². The number of benzene rings is 1. The molecule has 0 unspecified atom stereocenters. The van der Waals surface area contributed by atoms with Crippen LogP contribution in [-0.4, -0.2) is 54.1 Å². The third kappa shape index (κ3) is 4.88. The van der Waals surface area contributed by atoms with E-state index in [0.29, 0.717) is 54.1 Å². The quantitative estimate of drug-likeness (QED) is 0.550. The number of pyridine rings is 1. The van der Waals surface area contributed by atoms with Gasteiger partial charge in [0.2, 0.25) is 0 Å². The second-order valence-electron chi connectivity index (χ2n) is 9.15. The lowest BCUT2D eigenvalue weighted by atomic mass is 9.89. The number of H-pyrrole nitrogens is 1. The number of rotatable bonds is 5. The summed E-state index contributed by atoms with van der Waals surface area (Å²) < 4.78 is 17.3. The van der Waals surface area contributed by atoms with Crippen molar-refractivity contribution in [1.82, 2.24) is 15.2 Å². The van der Waals surface area contributed by atoms with Crippen molar-refractivity contribution in [3.05, 3.63) is 49.9 Å². The third-order valence-electron chi connectivity index (χ3n) is 6.84. The number of carbonyl (C=O) groups is 2. The fourth-order valence-corrected chi connectivity index (χ4v) is 5.70. The number of carbonyl (C=O) groups excluding carboxylic acids is 2. The summed E-state index contributed by atoms with van der Waals surface area (Å²) in [6.45, 7) is 6.60. The Bertz CT molecular complexity index is 1260. The van der Waals surface area contributed by atoms with Crippen LogP contribution in [0.3, 0.4) is 0 Å². The number of methoxy groups -OCH3 is 1. The first-order chi connectivity index (χ1) is 17.1. The van der Waals surface area contributed by atoms with Crippen molar-refractivity contribution in [2.75, 3.05) is 26.5 Å². The number of piperidine rings is 1. The molecule has 9 nitrogen and oxygen atoms in total. The lowest BCUT2D eigenvalue weighted by Crippen LogP contribution is -2.49. The zero-order valence-electron chi connectivity index (χ0n) is 21.0. The Kier molecular flexibility index (Phi) is 7.47. The second kappa shape index (κ2) is 10.3. The van der Waals surface area contributed by atoms with Gasteiger partial charge in [-0.1, -0.05) is 11.6 Å². The maximum absolute atomic E-state index is 13.1. The Hall–Kier alpha value is -2.85. The fraction of sp³-hybridized carbons (Fsp3) is 0.480. The minimum Gasteiger partial charge on any atom is -0.453 e. The molecule has 4 rings (SSSR count). The van der Waals surface area contributed by atoms with Crippen molar-refractivity contribution in [1.29, 1.82) is 0 Å². The molecule has 2 aliphatic heterocycles. The molecule has 3 heterocycles. The molecule has 0 radical (unpaired) electrons. The number of hydrogen-bond acceptors (Lipinski definition) is 7. The number of hydrogen-bond donors (Lipinski definition) is 2. The third-order valence-corrected chi connectivity index (χ3v) is 7.92. The number of fused-ring (bicyclic) bond motifs is 1. The van der Waals surface area contributed by atoms with Gasteiger partial charge in [0.25, 0.3) is 17.3 Å². The van der Waals surface area contributed by atoms with Crippen LogP contribution >= 0.6 is 23.4 Å². The molecule has 1 aromatic heterocycles. The molecule has 0 saturated carbocycles. The van der Waals surface area contributed by atoms with Crippen LogP contribution in [0.5, 0.6) is 11.5 Å². The van der Waals surface area contributed by atoms with E-state index in [0.717, 1.165) is 10.6 Å². The van der Waals surface area contributed by atoms with Gasteiger partial charge in [-0.25, -0.2) is 4.79 Å². The summed E-state index contributed by atoms with van der Waals surface area (Å²) in [6, 6.07) is 3.45. The smallest absolute Gasteiger partial charge is 0.409 e. The van der Waals surface area contributed by atoms with E-state index in [1.165, 1.54) is 18.9 Å². The van der Waals surface area contributed by atoms with Crippen molar-refractivity contribution in [2.24, 2.45) is 5.92 Å². The number of aryl methyl sites for hydroxylation is 1. The van der Waals surface area contributed by atoms with Gasteiger partial charge in [0.1, 0.15) is 0 Å². The minimum absolute atomic E-state index is 0.0109. The average molecular weight is 536 g/mol. The molecular weight excluding hydrogens is 506 g/mol. The number of ether oxygens (including phenoxy) is 3. The molecule has 11 heteroatoms. The molecule has 1 fully saturated rings. The number of aromatic nitrogens is 1. The molecule has 2 N–H and O–H groups in total. The van der Waals surface area contributed by atoms with Crippen molar-refractivity contribution in [2.45, 2.75) is 50.8 Å². The Morgan fingerprint density at radius 1 is 1.25 bits per heavy atom. The number of thioether (sulfide) groups is 1. The van der Waals surface area contributed by atoms with E-state index in [1.54, 1.807) is 17.9 Å². The van der Waals surface area contributed by atoms with Gasteiger partial charge in [0, 0.05) is 59.8 Å². The molecule has 2 amide bonds. The zero-order valence-corrected chi connectivity index (χ0v) is 22.5. The van der Waals surface area contributed by atoms with Crippen molar-refractivity contribution < 1.29 is 23.8 Å². The highest BCUT2D eigenvalue weighted by Crippen LogP contribution is 2.51. The molecular formula is C25H30ClN3O6S. The number of halogens is 1. The molecule has 1 saturated heterocycles. The van der Waals surface area contributed by atoms with Crippen molar-refractivity contribution >= 4 is 35.4 Å². The van der Waals surface area contributed by atoms with Gasteiger partial charge in [-0.15, -0.1) is 11.8 Å². The van der Waals surface area contributed by atoms with E-state index < -0.39 is 5.79 Å². The predicted octanol–water partition coefficient (Wildman–Crippen LogP) is 4.26. The van der Waals surface area contributed by atoms with Crippen LogP contribution in [0.4, 0.5) is 4.79 Å². The maximum Gasteiger partial charge on any atom is 0.409 e. The number of nitrogens with one attached hydrogen (secondary N) is 2. The summed E-state index contributed by atoms with van der Waals surface area (Å²) in [4.78, 5) is 42.6. The van der Waals surface area contributed by atoms with Crippen LogP contribution < -0.4 is 20.3 Å². The molecule has 2 aliphatic rings. The Balaban J connectivity index is 1.51. The van der Waals surface area contributed by atoms with Crippen LogP contribution in [0.1, 0.15) is 46.9 Å². The van der Waals surface area contributed by atoms with Gasteiger partial charge >= 0.3 is 6.09 Å². The van der Waals surface area contributed by atoms with E-state index in [4.69, 9.17) is 25.8 Å². The van der Waals surface area contributed by atoms with Crippen LogP contribution in [-0.2, 0) is 11.3 Å². The average Bonchev–Trinajstić information content (AvgIpc) is 3.24.